The Morgan fingerprint density at radius 1 is 1.14 bits per heavy atom. The van der Waals surface area contributed by atoms with Crippen molar-refractivity contribution in [3.05, 3.63) is 47.4 Å². The van der Waals surface area contributed by atoms with Crippen molar-refractivity contribution in [2.45, 2.75) is 39.0 Å². The molecule has 0 saturated heterocycles. The van der Waals surface area contributed by atoms with Crippen molar-refractivity contribution in [3.63, 3.8) is 0 Å². The van der Waals surface area contributed by atoms with Gasteiger partial charge in [-0.1, -0.05) is 20.8 Å². The van der Waals surface area contributed by atoms with E-state index in [2.05, 4.69) is 28.8 Å². The Bertz CT molecular complexity index is 599. The summed E-state index contributed by atoms with van der Waals surface area (Å²) in [5.41, 5.74) is 2.71. The van der Waals surface area contributed by atoms with Crippen molar-refractivity contribution in [3.8, 4) is 5.88 Å². The SMILES string of the molecule is COc1cnc(C(C)C)c(CC(C)c2ccc(F)cn2)n1. The maximum atomic E-state index is 12.9. The topological polar surface area (TPSA) is 47.9 Å². The zero-order chi connectivity index (χ0) is 15.4. The van der Waals surface area contributed by atoms with Gasteiger partial charge in [-0.3, -0.25) is 9.97 Å². The van der Waals surface area contributed by atoms with Crippen LogP contribution in [0.5, 0.6) is 5.88 Å². The summed E-state index contributed by atoms with van der Waals surface area (Å²) >= 11 is 0. The van der Waals surface area contributed by atoms with Gasteiger partial charge in [0.2, 0.25) is 5.88 Å². The lowest BCUT2D eigenvalue weighted by molar-refractivity contribution is 0.392. The van der Waals surface area contributed by atoms with E-state index in [-0.39, 0.29) is 17.7 Å². The van der Waals surface area contributed by atoms with Crippen LogP contribution < -0.4 is 4.74 Å². The average molecular weight is 289 g/mol. The van der Waals surface area contributed by atoms with Gasteiger partial charge in [0.1, 0.15) is 5.82 Å². The van der Waals surface area contributed by atoms with E-state index in [1.807, 2.05) is 6.92 Å². The van der Waals surface area contributed by atoms with Gasteiger partial charge in [0.05, 0.1) is 30.9 Å². The van der Waals surface area contributed by atoms with E-state index < -0.39 is 0 Å². The van der Waals surface area contributed by atoms with Gasteiger partial charge in [-0.15, -0.1) is 0 Å². The smallest absolute Gasteiger partial charge is 0.232 e. The van der Waals surface area contributed by atoms with Gasteiger partial charge >= 0.3 is 0 Å². The van der Waals surface area contributed by atoms with Crippen LogP contribution >= 0.6 is 0 Å². The van der Waals surface area contributed by atoms with Crippen LogP contribution in [-0.4, -0.2) is 22.1 Å². The lowest BCUT2D eigenvalue weighted by Crippen LogP contribution is -2.09. The summed E-state index contributed by atoms with van der Waals surface area (Å²) in [6, 6.07) is 3.14. The molecular weight excluding hydrogens is 269 g/mol. The van der Waals surface area contributed by atoms with Crippen LogP contribution in [0.25, 0.3) is 0 Å². The van der Waals surface area contributed by atoms with Crippen molar-refractivity contribution in [1.29, 1.82) is 0 Å². The predicted octanol–water partition coefficient (Wildman–Crippen LogP) is 3.49. The first-order valence-corrected chi connectivity index (χ1v) is 7.02. The number of ether oxygens (including phenoxy) is 1. The predicted molar refractivity (Wildman–Crippen MR) is 79.0 cm³/mol. The molecule has 0 fully saturated rings. The first-order chi connectivity index (χ1) is 10.0. The van der Waals surface area contributed by atoms with Crippen molar-refractivity contribution in [2.75, 3.05) is 7.11 Å². The van der Waals surface area contributed by atoms with E-state index >= 15 is 0 Å². The highest BCUT2D eigenvalue weighted by Crippen LogP contribution is 2.24. The number of hydrogen-bond acceptors (Lipinski definition) is 4. The molecular formula is C16H20FN3O. The van der Waals surface area contributed by atoms with Crippen LogP contribution in [-0.2, 0) is 6.42 Å². The van der Waals surface area contributed by atoms with Crippen LogP contribution in [0.1, 0.15) is 49.7 Å². The highest BCUT2D eigenvalue weighted by atomic mass is 19.1. The molecule has 0 amide bonds. The van der Waals surface area contributed by atoms with E-state index in [0.29, 0.717) is 12.3 Å². The Labute approximate surface area is 124 Å². The van der Waals surface area contributed by atoms with E-state index in [4.69, 9.17) is 4.74 Å². The first kappa shape index (κ1) is 15.4. The van der Waals surface area contributed by atoms with Crippen LogP contribution in [0.4, 0.5) is 4.39 Å². The van der Waals surface area contributed by atoms with Crippen molar-refractivity contribution in [1.82, 2.24) is 15.0 Å². The lowest BCUT2D eigenvalue weighted by Gasteiger charge is -2.15. The van der Waals surface area contributed by atoms with E-state index in [1.165, 1.54) is 12.3 Å². The van der Waals surface area contributed by atoms with Gasteiger partial charge in [-0.25, -0.2) is 9.37 Å². The summed E-state index contributed by atoms with van der Waals surface area (Å²) in [6.45, 7) is 6.22. The molecule has 4 nitrogen and oxygen atoms in total. The molecule has 0 aliphatic heterocycles. The molecule has 0 aliphatic rings. The third-order valence-electron chi connectivity index (χ3n) is 3.37. The molecule has 0 radical (unpaired) electrons. The van der Waals surface area contributed by atoms with Gasteiger partial charge in [0.25, 0.3) is 0 Å². The molecule has 0 N–H and O–H groups in total. The Morgan fingerprint density at radius 3 is 2.48 bits per heavy atom. The van der Waals surface area contributed by atoms with Gasteiger partial charge in [-0.2, -0.15) is 0 Å². The Balaban J connectivity index is 2.26. The third-order valence-corrected chi connectivity index (χ3v) is 3.37. The molecule has 1 unspecified atom stereocenters. The molecule has 5 heteroatoms. The van der Waals surface area contributed by atoms with Gasteiger partial charge in [0.15, 0.2) is 0 Å². The third kappa shape index (κ3) is 3.74. The van der Waals surface area contributed by atoms with Crippen molar-refractivity contribution < 1.29 is 9.13 Å². The fourth-order valence-electron chi connectivity index (χ4n) is 2.22. The van der Waals surface area contributed by atoms with Crippen LogP contribution in [0.3, 0.4) is 0 Å². The van der Waals surface area contributed by atoms with Gasteiger partial charge in [-0.05, 0) is 24.5 Å². The van der Waals surface area contributed by atoms with E-state index in [9.17, 15) is 4.39 Å². The molecule has 112 valence electrons. The number of aromatic nitrogens is 3. The molecule has 0 saturated carbocycles. The molecule has 1 atom stereocenters. The normalized spacial score (nSPS) is 12.5. The fourth-order valence-corrected chi connectivity index (χ4v) is 2.22. The fraction of sp³-hybridized carbons (Fsp3) is 0.438. The van der Waals surface area contributed by atoms with Gasteiger partial charge < -0.3 is 4.74 Å². The number of rotatable bonds is 5. The molecule has 0 aliphatic carbocycles. The number of pyridine rings is 1. The quantitative estimate of drug-likeness (QED) is 0.845. The average Bonchev–Trinajstić information content (AvgIpc) is 2.47. The summed E-state index contributed by atoms with van der Waals surface area (Å²) in [6.07, 6.45) is 3.57. The highest BCUT2D eigenvalue weighted by molar-refractivity contribution is 5.23. The monoisotopic (exact) mass is 289 g/mol. The van der Waals surface area contributed by atoms with Crippen molar-refractivity contribution in [2.24, 2.45) is 0 Å². The Kier molecular flexibility index (Phi) is 4.83. The van der Waals surface area contributed by atoms with Gasteiger partial charge in [0, 0.05) is 11.6 Å². The van der Waals surface area contributed by atoms with E-state index in [1.54, 1.807) is 19.4 Å². The second-order valence-electron chi connectivity index (χ2n) is 5.41. The summed E-state index contributed by atoms with van der Waals surface area (Å²) < 4.78 is 18.1. The minimum atomic E-state index is -0.324. The number of methoxy groups -OCH3 is 1. The molecule has 0 bridgehead atoms. The minimum absolute atomic E-state index is 0.129. The summed E-state index contributed by atoms with van der Waals surface area (Å²) in [5, 5.41) is 0. The molecule has 2 rings (SSSR count). The molecule has 0 aromatic carbocycles. The summed E-state index contributed by atoms with van der Waals surface area (Å²) in [7, 11) is 1.58. The summed E-state index contributed by atoms with van der Waals surface area (Å²) in [4.78, 5) is 13.1. The maximum Gasteiger partial charge on any atom is 0.232 e. The van der Waals surface area contributed by atoms with E-state index in [0.717, 1.165) is 17.1 Å². The zero-order valence-corrected chi connectivity index (χ0v) is 12.8. The number of hydrogen-bond donors (Lipinski definition) is 0. The highest BCUT2D eigenvalue weighted by Gasteiger charge is 2.16. The first-order valence-electron chi connectivity index (χ1n) is 7.02. The zero-order valence-electron chi connectivity index (χ0n) is 12.8. The molecule has 2 aromatic heterocycles. The molecule has 2 heterocycles. The second kappa shape index (κ2) is 6.61. The molecule has 2 aromatic rings. The standard InChI is InChI=1S/C16H20FN3O/c1-10(2)16-14(20-15(21-4)9-19-16)7-11(3)13-6-5-12(17)8-18-13/h5-6,8-11H,7H2,1-4H3. The van der Waals surface area contributed by atoms with Crippen LogP contribution in [0, 0.1) is 5.82 Å². The molecule has 0 spiro atoms. The number of nitrogens with zero attached hydrogens (tertiary/aromatic N) is 3. The second-order valence-corrected chi connectivity index (χ2v) is 5.41. The summed E-state index contributed by atoms with van der Waals surface area (Å²) in [5.74, 6) is 0.597. The minimum Gasteiger partial charge on any atom is -0.480 e. The van der Waals surface area contributed by atoms with Crippen LogP contribution in [0.2, 0.25) is 0 Å². The van der Waals surface area contributed by atoms with Crippen molar-refractivity contribution >= 4 is 0 Å². The Hall–Kier alpha value is -2.04. The molecule has 21 heavy (non-hydrogen) atoms. The maximum absolute atomic E-state index is 12.9. The lowest BCUT2D eigenvalue weighted by atomic mass is 9.97. The van der Waals surface area contributed by atoms with Crippen LogP contribution in [0.15, 0.2) is 24.5 Å². The Morgan fingerprint density at radius 2 is 1.90 bits per heavy atom. The largest absolute Gasteiger partial charge is 0.480 e. The number of halogens is 1.